The van der Waals surface area contributed by atoms with Gasteiger partial charge in [0.2, 0.25) is 0 Å². The third-order valence-electron chi connectivity index (χ3n) is 1.52. The maximum absolute atomic E-state index is 5.69. The predicted molar refractivity (Wildman–Crippen MR) is 57.5 cm³/mol. The van der Waals surface area contributed by atoms with E-state index in [9.17, 15) is 0 Å². The molecule has 1 aliphatic heterocycles. The van der Waals surface area contributed by atoms with Crippen LogP contribution in [0.15, 0.2) is 12.3 Å². The Kier molecular flexibility index (Phi) is 2.18. The molecule has 1 N–H and O–H groups in total. The Morgan fingerprint density at radius 3 is 3.25 bits per heavy atom. The van der Waals surface area contributed by atoms with Gasteiger partial charge in [-0.1, -0.05) is 11.6 Å². The number of hydrogen-bond donors (Lipinski definition) is 1. The lowest BCUT2D eigenvalue weighted by molar-refractivity contribution is 1.12. The van der Waals surface area contributed by atoms with E-state index < -0.39 is 0 Å². The zero-order valence-electron chi connectivity index (χ0n) is 6.01. The summed E-state index contributed by atoms with van der Waals surface area (Å²) in [5.41, 5.74) is 0.881. The lowest BCUT2D eigenvalue weighted by atomic mass is 10.3. The molecule has 0 atom stereocenters. The number of anilines is 1. The van der Waals surface area contributed by atoms with Crippen LogP contribution < -0.4 is 5.32 Å². The van der Waals surface area contributed by atoms with Crippen LogP contribution in [0.4, 0.5) is 5.82 Å². The normalized spacial score (nSPS) is 14.7. The zero-order valence-corrected chi connectivity index (χ0v) is 8.93. The SMILES string of the molecule is Clc1cnc2c(n1)NCC=C2I. The first kappa shape index (κ1) is 8.25. The molecule has 0 aromatic carbocycles. The molecule has 3 nitrogen and oxygen atoms in total. The summed E-state index contributed by atoms with van der Waals surface area (Å²) in [4.78, 5) is 8.28. The lowest BCUT2D eigenvalue weighted by Crippen LogP contribution is -2.09. The summed E-state index contributed by atoms with van der Waals surface area (Å²) >= 11 is 7.92. The van der Waals surface area contributed by atoms with Crippen molar-refractivity contribution in [1.29, 1.82) is 0 Å². The van der Waals surface area contributed by atoms with Crippen LogP contribution in [0.5, 0.6) is 0 Å². The van der Waals surface area contributed by atoms with E-state index in [0.717, 1.165) is 21.6 Å². The van der Waals surface area contributed by atoms with Crippen LogP contribution >= 0.6 is 34.2 Å². The highest BCUT2D eigenvalue weighted by atomic mass is 127. The Morgan fingerprint density at radius 1 is 1.58 bits per heavy atom. The first-order valence-electron chi connectivity index (χ1n) is 3.40. The third-order valence-corrected chi connectivity index (χ3v) is 2.65. The van der Waals surface area contributed by atoms with Crippen molar-refractivity contribution in [1.82, 2.24) is 9.97 Å². The Morgan fingerprint density at radius 2 is 2.42 bits per heavy atom. The number of nitrogens with one attached hydrogen (secondary N) is 1. The molecule has 2 heterocycles. The average Bonchev–Trinajstić information content (AvgIpc) is 2.04. The van der Waals surface area contributed by atoms with E-state index in [1.54, 1.807) is 6.20 Å². The van der Waals surface area contributed by atoms with E-state index in [1.807, 2.05) is 0 Å². The second-order valence-electron chi connectivity index (χ2n) is 2.32. The maximum atomic E-state index is 5.69. The zero-order chi connectivity index (χ0) is 8.55. The van der Waals surface area contributed by atoms with E-state index in [-0.39, 0.29) is 0 Å². The first-order chi connectivity index (χ1) is 5.77. The first-order valence-corrected chi connectivity index (χ1v) is 4.85. The lowest BCUT2D eigenvalue weighted by Gasteiger charge is -2.13. The standard InChI is InChI=1S/C7H5ClIN3/c8-5-3-11-6-4(9)1-2-10-7(6)12-5/h1,3H,2H2,(H,10,12). The molecule has 1 aliphatic rings. The van der Waals surface area contributed by atoms with Crippen LogP contribution in [-0.2, 0) is 0 Å². The fourth-order valence-electron chi connectivity index (χ4n) is 1.000. The largest absolute Gasteiger partial charge is 0.365 e. The van der Waals surface area contributed by atoms with Crippen molar-refractivity contribution in [3.8, 4) is 0 Å². The second kappa shape index (κ2) is 3.18. The molecule has 0 aliphatic carbocycles. The van der Waals surface area contributed by atoms with Gasteiger partial charge in [-0.25, -0.2) is 9.97 Å². The van der Waals surface area contributed by atoms with E-state index in [1.165, 1.54) is 0 Å². The average molecular weight is 293 g/mol. The molecular weight excluding hydrogens is 288 g/mol. The molecule has 0 fully saturated rings. The summed E-state index contributed by atoms with van der Waals surface area (Å²) in [6.07, 6.45) is 3.62. The van der Waals surface area contributed by atoms with Crippen molar-refractivity contribution >= 4 is 43.6 Å². The predicted octanol–water partition coefficient (Wildman–Crippen LogP) is 2.33. The van der Waals surface area contributed by atoms with Crippen molar-refractivity contribution in [3.63, 3.8) is 0 Å². The number of rotatable bonds is 0. The molecule has 0 amide bonds. The summed E-state index contributed by atoms with van der Waals surface area (Å²) in [5, 5.41) is 3.52. The van der Waals surface area contributed by atoms with Gasteiger partial charge in [-0.05, 0) is 28.7 Å². The molecule has 0 saturated carbocycles. The van der Waals surface area contributed by atoms with Crippen LogP contribution in [0.1, 0.15) is 5.69 Å². The Hall–Kier alpha value is -0.360. The Bertz CT molecular complexity index is 351. The molecule has 5 heteroatoms. The summed E-state index contributed by atoms with van der Waals surface area (Å²) in [7, 11) is 0. The minimum atomic E-state index is 0.423. The molecule has 0 spiro atoms. The van der Waals surface area contributed by atoms with Crippen molar-refractivity contribution in [2.45, 2.75) is 0 Å². The van der Waals surface area contributed by atoms with Gasteiger partial charge in [0, 0.05) is 10.1 Å². The van der Waals surface area contributed by atoms with Crippen molar-refractivity contribution < 1.29 is 0 Å². The fourth-order valence-corrected chi connectivity index (χ4v) is 1.75. The molecule has 12 heavy (non-hydrogen) atoms. The summed E-state index contributed by atoms with van der Waals surface area (Å²) in [5.74, 6) is 0.773. The van der Waals surface area contributed by atoms with Gasteiger partial charge in [0.1, 0.15) is 10.8 Å². The second-order valence-corrected chi connectivity index (χ2v) is 3.87. The van der Waals surface area contributed by atoms with E-state index in [0.29, 0.717) is 5.15 Å². The van der Waals surface area contributed by atoms with Crippen LogP contribution in [-0.4, -0.2) is 16.5 Å². The molecule has 0 unspecified atom stereocenters. The number of aromatic nitrogens is 2. The maximum Gasteiger partial charge on any atom is 0.155 e. The van der Waals surface area contributed by atoms with Gasteiger partial charge >= 0.3 is 0 Å². The molecule has 1 aromatic heterocycles. The number of halogens is 2. The van der Waals surface area contributed by atoms with Crippen molar-refractivity contribution in [2.24, 2.45) is 0 Å². The molecule has 0 saturated heterocycles. The Balaban J connectivity index is 2.56. The van der Waals surface area contributed by atoms with Crippen LogP contribution in [0.3, 0.4) is 0 Å². The summed E-state index contributed by atoms with van der Waals surface area (Å²) in [6, 6.07) is 0. The smallest absolute Gasteiger partial charge is 0.155 e. The van der Waals surface area contributed by atoms with E-state index >= 15 is 0 Å². The minimum absolute atomic E-state index is 0.423. The van der Waals surface area contributed by atoms with E-state index in [2.05, 4.69) is 44.0 Å². The number of fused-ring (bicyclic) bond motifs is 1. The number of nitrogens with zero attached hydrogens (tertiary/aromatic N) is 2. The van der Waals surface area contributed by atoms with Gasteiger partial charge in [0.05, 0.1) is 6.20 Å². The van der Waals surface area contributed by atoms with Gasteiger partial charge in [-0.2, -0.15) is 0 Å². The highest BCUT2D eigenvalue weighted by molar-refractivity contribution is 14.1. The van der Waals surface area contributed by atoms with Gasteiger partial charge in [-0.3, -0.25) is 0 Å². The number of hydrogen-bond acceptors (Lipinski definition) is 3. The highest BCUT2D eigenvalue weighted by Crippen LogP contribution is 2.28. The van der Waals surface area contributed by atoms with Crippen molar-refractivity contribution in [2.75, 3.05) is 11.9 Å². The van der Waals surface area contributed by atoms with Gasteiger partial charge in [-0.15, -0.1) is 0 Å². The molecule has 1 aromatic rings. The molecule has 0 radical (unpaired) electrons. The topological polar surface area (TPSA) is 37.8 Å². The van der Waals surface area contributed by atoms with Crippen LogP contribution in [0, 0.1) is 0 Å². The summed E-state index contributed by atoms with van der Waals surface area (Å²) < 4.78 is 1.12. The van der Waals surface area contributed by atoms with Gasteiger partial charge in [0.25, 0.3) is 0 Å². The molecular formula is C7H5ClIN3. The van der Waals surface area contributed by atoms with Gasteiger partial charge in [0.15, 0.2) is 5.82 Å². The highest BCUT2D eigenvalue weighted by Gasteiger charge is 2.12. The monoisotopic (exact) mass is 293 g/mol. The molecule has 62 valence electrons. The van der Waals surface area contributed by atoms with Gasteiger partial charge < -0.3 is 5.32 Å². The fraction of sp³-hybridized carbons (Fsp3) is 0.143. The summed E-state index contributed by atoms with van der Waals surface area (Å²) in [6.45, 7) is 0.792. The van der Waals surface area contributed by atoms with E-state index in [4.69, 9.17) is 11.6 Å². The quantitative estimate of drug-likeness (QED) is 0.746. The molecule has 2 rings (SSSR count). The van der Waals surface area contributed by atoms with Crippen LogP contribution in [0.2, 0.25) is 5.15 Å². The molecule has 0 bridgehead atoms. The minimum Gasteiger partial charge on any atom is -0.365 e. The third kappa shape index (κ3) is 1.40. The Labute approximate surface area is 88.4 Å². The van der Waals surface area contributed by atoms with Crippen molar-refractivity contribution in [3.05, 3.63) is 23.1 Å². The van der Waals surface area contributed by atoms with Crippen LogP contribution in [0.25, 0.3) is 3.58 Å².